The number of hydrogen-bond donors (Lipinski definition) is 2. The lowest BCUT2D eigenvalue weighted by Crippen LogP contribution is -2.44. The summed E-state index contributed by atoms with van der Waals surface area (Å²) in [5.41, 5.74) is 2.89. The fourth-order valence-corrected chi connectivity index (χ4v) is 4.29. The number of fused-ring (bicyclic) bond motifs is 1. The van der Waals surface area contributed by atoms with Crippen LogP contribution in [0, 0.1) is 0 Å². The van der Waals surface area contributed by atoms with Crippen LogP contribution < -0.4 is 20.1 Å². The Balaban J connectivity index is 1.34. The number of carbonyl (C=O) groups is 2. The number of carbonyl (C=O) groups excluding carboxylic acids is 2. The van der Waals surface area contributed by atoms with Crippen molar-refractivity contribution in [2.45, 2.75) is 25.0 Å². The van der Waals surface area contributed by atoms with Crippen molar-refractivity contribution in [2.75, 3.05) is 24.4 Å². The molecule has 0 saturated heterocycles. The summed E-state index contributed by atoms with van der Waals surface area (Å²) < 4.78 is 11.3. The van der Waals surface area contributed by atoms with E-state index in [1.807, 2.05) is 41.3 Å². The van der Waals surface area contributed by atoms with Crippen molar-refractivity contribution in [2.24, 2.45) is 0 Å². The highest BCUT2D eigenvalue weighted by molar-refractivity contribution is 6.33. The maximum absolute atomic E-state index is 13.2. The van der Waals surface area contributed by atoms with Crippen molar-refractivity contribution < 1.29 is 19.1 Å². The van der Waals surface area contributed by atoms with Crippen molar-refractivity contribution in [3.05, 3.63) is 82.9 Å². The van der Waals surface area contributed by atoms with Gasteiger partial charge in [-0.25, -0.2) is 0 Å². The molecule has 1 atom stereocenters. The Hall–Kier alpha value is -3.71. The summed E-state index contributed by atoms with van der Waals surface area (Å²) in [5.74, 6) is 0.598. The Morgan fingerprint density at radius 3 is 2.62 bits per heavy atom. The monoisotopic (exact) mass is 477 g/mol. The number of ether oxygens (including phenoxy) is 2. The highest BCUT2D eigenvalue weighted by atomic mass is 35.5. The van der Waals surface area contributed by atoms with Crippen LogP contribution in [0.3, 0.4) is 0 Å². The molecule has 2 amide bonds. The van der Waals surface area contributed by atoms with Crippen molar-refractivity contribution in [3.8, 4) is 11.5 Å². The second-order valence-corrected chi connectivity index (χ2v) is 8.67. The summed E-state index contributed by atoms with van der Waals surface area (Å²) in [7, 11) is 1.54. The average molecular weight is 478 g/mol. The predicted octanol–water partition coefficient (Wildman–Crippen LogP) is 5.10. The van der Waals surface area contributed by atoms with E-state index in [0.29, 0.717) is 27.8 Å². The van der Waals surface area contributed by atoms with E-state index in [9.17, 15) is 9.59 Å². The van der Waals surface area contributed by atoms with Crippen molar-refractivity contribution in [1.82, 2.24) is 4.90 Å². The summed E-state index contributed by atoms with van der Waals surface area (Å²) >= 11 is 6.10. The molecule has 1 heterocycles. The SMILES string of the molecule is COc1cc(C2Nc3ccccc3C(=O)N2C2CC2)ccc1OCC(=O)Nc1ccccc1Cl. The van der Waals surface area contributed by atoms with Gasteiger partial charge in [-0.1, -0.05) is 41.9 Å². The summed E-state index contributed by atoms with van der Waals surface area (Å²) in [6.45, 7) is -0.206. The Morgan fingerprint density at radius 2 is 1.85 bits per heavy atom. The molecule has 34 heavy (non-hydrogen) atoms. The van der Waals surface area contributed by atoms with Crippen LogP contribution in [-0.2, 0) is 4.79 Å². The summed E-state index contributed by atoms with van der Waals surface area (Å²) in [4.78, 5) is 27.5. The molecule has 3 aromatic rings. The van der Waals surface area contributed by atoms with Gasteiger partial charge in [-0.15, -0.1) is 0 Å². The molecule has 1 aliphatic carbocycles. The average Bonchev–Trinajstić information content (AvgIpc) is 3.69. The molecule has 0 aromatic heterocycles. The largest absolute Gasteiger partial charge is 0.493 e. The number of methoxy groups -OCH3 is 1. The highest BCUT2D eigenvalue weighted by Gasteiger charge is 2.42. The molecular formula is C26H24ClN3O4. The topological polar surface area (TPSA) is 79.9 Å². The molecule has 1 aliphatic heterocycles. The summed E-state index contributed by atoms with van der Waals surface area (Å²) in [6.07, 6.45) is 1.66. The maximum Gasteiger partial charge on any atom is 0.262 e. The third-order valence-corrected chi connectivity index (χ3v) is 6.24. The van der Waals surface area contributed by atoms with Gasteiger partial charge >= 0.3 is 0 Å². The van der Waals surface area contributed by atoms with Crippen LogP contribution in [0.1, 0.15) is 34.9 Å². The first-order valence-electron chi connectivity index (χ1n) is 11.1. The van der Waals surface area contributed by atoms with Crippen LogP contribution in [0.5, 0.6) is 11.5 Å². The quantitative estimate of drug-likeness (QED) is 0.495. The minimum Gasteiger partial charge on any atom is -0.493 e. The predicted molar refractivity (Wildman–Crippen MR) is 131 cm³/mol. The summed E-state index contributed by atoms with van der Waals surface area (Å²) in [6, 6.07) is 20.3. The van der Waals surface area contributed by atoms with Gasteiger partial charge in [-0.05, 0) is 54.8 Å². The zero-order valence-electron chi connectivity index (χ0n) is 18.6. The number of nitrogens with one attached hydrogen (secondary N) is 2. The number of rotatable bonds is 7. The van der Waals surface area contributed by atoms with E-state index in [0.717, 1.165) is 24.1 Å². The Labute approximate surface area is 202 Å². The van der Waals surface area contributed by atoms with Crippen LogP contribution in [0.4, 0.5) is 11.4 Å². The number of nitrogens with zero attached hydrogens (tertiary/aromatic N) is 1. The van der Waals surface area contributed by atoms with Gasteiger partial charge in [0.05, 0.1) is 23.4 Å². The van der Waals surface area contributed by atoms with Gasteiger partial charge in [-0.2, -0.15) is 0 Å². The zero-order valence-corrected chi connectivity index (χ0v) is 19.3. The Morgan fingerprint density at radius 1 is 1.09 bits per heavy atom. The van der Waals surface area contributed by atoms with E-state index in [2.05, 4.69) is 10.6 Å². The Kier molecular flexibility index (Phi) is 6.02. The molecule has 5 rings (SSSR count). The van der Waals surface area contributed by atoms with Crippen LogP contribution in [0.15, 0.2) is 66.7 Å². The van der Waals surface area contributed by atoms with E-state index >= 15 is 0 Å². The fraction of sp³-hybridized carbons (Fsp3) is 0.231. The number of para-hydroxylation sites is 2. The first-order valence-corrected chi connectivity index (χ1v) is 11.5. The first kappa shape index (κ1) is 22.1. The summed E-state index contributed by atoms with van der Waals surface area (Å²) in [5, 5.41) is 6.68. The van der Waals surface area contributed by atoms with Gasteiger partial charge in [0.25, 0.3) is 11.8 Å². The Bertz CT molecular complexity index is 1240. The molecule has 2 N–H and O–H groups in total. The van der Waals surface area contributed by atoms with Gasteiger partial charge < -0.3 is 25.0 Å². The molecule has 1 unspecified atom stereocenters. The van der Waals surface area contributed by atoms with Gasteiger partial charge in [0.15, 0.2) is 18.1 Å². The van der Waals surface area contributed by atoms with E-state index < -0.39 is 0 Å². The molecular weight excluding hydrogens is 454 g/mol. The number of halogens is 1. The zero-order chi connectivity index (χ0) is 23.7. The van der Waals surface area contributed by atoms with Gasteiger partial charge in [0.1, 0.15) is 6.17 Å². The molecule has 7 nitrogen and oxygen atoms in total. The number of amides is 2. The second kappa shape index (κ2) is 9.27. The van der Waals surface area contributed by atoms with Crippen molar-refractivity contribution in [3.63, 3.8) is 0 Å². The minimum atomic E-state index is -0.338. The molecule has 2 aliphatic rings. The smallest absolute Gasteiger partial charge is 0.262 e. The molecule has 174 valence electrons. The standard InChI is InChI=1S/C26H24ClN3O4/c1-33-23-14-16(10-13-22(23)34-15-24(31)28-21-9-5-3-7-19(21)27)25-29-20-8-4-2-6-18(20)26(32)30(25)17-11-12-17/h2-10,13-14,17,25,29H,11-12,15H2,1H3,(H,28,31). The van der Waals surface area contributed by atoms with E-state index in [4.69, 9.17) is 21.1 Å². The minimum absolute atomic E-state index is 0.0254. The second-order valence-electron chi connectivity index (χ2n) is 8.26. The third-order valence-electron chi connectivity index (χ3n) is 5.91. The van der Waals surface area contributed by atoms with E-state index in [1.54, 1.807) is 37.4 Å². The molecule has 1 saturated carbocycles. The number of anilines is 2. The molecule has 1 fully saturated rings. The lowest BCUT2D eigenvalue weighted by molar-refractivity contribution is -0.118. The van der Waals surface area contributed by atoms with Crippen molar-refractivity contribution in [1.29, 1.82) is 0 Å². The van der Waals surface area contributed by atoms with Crippen LogP contribution >= 0.6 is 11.6 Å². The highest BCUT2D eigenvalue weighted by Crippen LogP contribution is 2.42. The fourth-order valence-electron chi connectivity index (χ4n) is 4.11. The molecule has 0 spiro atoms. The molecule has 0 bridgehead atoms. The van der Waals surface area contributed by atoms with Crippen LogP contribution in [0.25, 0.3) is 0 Å². The van der Waals surface area contributed by atoms with Crippen LogP contribution in [0.2, 0.25) is 5.02 Å². The van der Waals surface area contributed by atoms with Gasteiger partial charge in [0, 0.05) is 11.7 Å². The van der Waals surface area contributed by atoms with E-state index in [1.165, 1.54) is 0 Å². The van der Waals surface area contributed by atoms with E-state index in [-0.39, 0.29) is 30.6 Å². The van der Waals surface area contributed by atoms with Gasteiger partial charge in [-0.3, -0.25) is 9.59 Å². The number of hydrogen-bond acceptors (Lipinski definition) is 5. The maximum atomic E-state index is 13.2. The molecule has 3 aromatic carbocycles. The molecule has 0 radical (unpaired) electrons. The van der Waals surface area contributed by atoms with Crippen LogP contribution in [-0.4, -0.2) is 36.5 Å². The van der Waals surface area contributed by atoms with Crippen molar-refractivity contribution >= 4 is 34.8 Å². The lowest BCUT2D eigenvalue weighted by atomic mass is 10.0. The van der Waals surface area contributed by atoms with Gasteiger partial charge in [0.2, 0.25) is 0 Å². The number of benzene rings is 3. The first-order chi connectivity index (χ1) is 16.5. The normalized spacial score (nSPS) is 16.9. The molecule has 8 heteroatoms. The lowest BCUT2D eigenvalue weighted by Gasteiger charge is -2.38. The third kappa shape index (κ3) is 4.39.